The van der Waals surface area contributed by atoms with Gasteiger partial charge in [-0.05, 0) is 36.4 Å². The van der Waals surface area contributed by atoms with Gasteiger partial charge in [-0.1, -0.05) is 12.1 Å². The maximum absolute atomic E-state index is 6.27. The highest BCUT2D eigenvalue weighted by molar-refractivity contribution is 7.09. The van der Waals surface area contributed by atoms with Crippen molar-refractivity contribution in [3.8, 4) is 0 Å². The molecule has 2 saturated heterocycles. The molecule has 128 valence electrons. The molecule has 2 aliphatic heterocycles. The van der Waals surface area contributed by atoms with Gasteiger partial charge in [0, 0.05) is 50.3 Å². The molecule has 4 heterocycles. The number of aromatic nitrogens is 1. The fourth-order valence-electron chi connectivity index (χ4n) is 3.82. The van der Waals surface area contributed by atoms with Crippen LogP contribution in [0.3, 0.4) is 0 Å². The Morgan fingerprint density at radius 2 is 1.96 bits per heavy atom. The monoisotopic (exact) mass is 343 g/mol. The second-order valence-electron chi connectivity index (χ2n) is 6.92. The van der Waals surface area contributed by atoms with Crippen LogP contribution in [-0.4, -0.2) is 53.2 Å². The first-order valence-corrected chi connectivity index (χ1v) is 9.70. The van der Waals surface area contributed by atoms with E-state index in [1.54, 1.807) is 0 Å². The lowest BCUT2D eigenvalue weighted by Gasteiger charge is -2.47. The molecule has 0 aliphatic carbocycles. The first kappa shape index (κ1) is 16.2. The summed E-state index contributed by atoms with van der Waals surface area (Å²) in [7, 11) is 0. The van der Waals surface area contributed by atoms with Crippen LogP contribution in [0.25, 0.3) is 0 Å². The Labute approximate surface area is 148 Å². The van der Waals surface area contributed by atoms with Crippen molar-refractivity contribution >= 4 is 11.3 Å². The fourth-order valence-corrected chi connectivity index (χ4v) is 4.57. The van der Waals surface area contributed by atoms with Gasteiger partial charge in [-0.25, -0.2) is 0 Å². The van der Waals surface area contributed by atoms with Crippen LogP contribution in [0.5, 0.6) is 0 Å². The Morgan fingerprint density at radius 3 is 2.71 bits per heavy atom. The minimum atomic E-state index is 0.0545. The fraction of sp³-hybridized carbons (Fsp3) is 0.526. The van der Waals surface area contributed by atoms with E-state index in [0.717, 1.165) is 64.4 Å². The summed E-state index contributed by atoms with van der Waals surface area (Å²) in [4.78, 5) is 11.0. The minimum Gasteiger partial charge on any atom is -0.372 e. The van der Waals surface area contributed by atoms with Crippen molar-refractivity contribution in [3.63, 3.8) is 0 Å². The molecule has 0 unspecified atom stereocenters. The van der Waals surface area contributed by atoms with Crippen LogP contribution in [-0.2, 0) is 17.8 Å². The molecule has 5 heteroatoms. The van der Waals surface area contributed by atoms with E-state index in [0.29, 0.717) is 0 Å². The Balaban J connectivity index is 1.32. The van der Waals surface area contributed by atoms with Crippen molar-refractivity contribution < 1.29 is 4.74 Å². The molecule has 2 fully saturated rings. The molecule has 24 heavy (non-hydrogen) atoms. The van der Waals surface area contributed by atoms with Crippen LogP contribution in [0, 0.1) is 0 Å². The molecule has 2 aromatic heterocycles. The summed E-state index contributed by atoms with van der Waals surface area (Å²) < 4.78 is 6.27. The average Bonchev–Trinajstić information content (AvgIpc) is 3.11. The van der Waals surface area contributed by atoms with Crippen LogP contribution in [0.2, 0.25) is 0 Å². The van der Waals surface area contributed by atoms with E-state index >= 15 is 0 Å². The topological polar surface area (TPSA) is 28.6 Å². The van der Waals surface area contributed by atoms with Crippen molar-refractivity contribution in [1.82, 2.24) is 14.8 Å². The number of rotatable bonds is 4. The summed E-state index contributed by atoms with van der Waals surface area (Å²) >= 11 is 1.86. The lowest BCUT2D eigenvalue weighted by molar-refractivity contribution is -0.138. The highest BCUT2D eigenvalue weighted by atomic mass is 32.1. The van der Waals surface area contributed by atoms with Gasteiger partial charge in [0.15, 0.2) is 0 Å². The summed E-state index contributed by atoms with van der Waals surface area (Å²) in [6.45, 7) is 7.19. The van der Waals surface area contributed by atoms with Gasteiger partial charge >= 0.3 is 0 Å². The van der Waals surface area contributed by atoms with Crippen molar-refractivity contribution in [1.29, 1.82) is 0 Å². The molecule has 0 N–H and O–H groups in total. The van der Waals surface area contributed by atoms with E-state index in [9.17, 15) is 0 Å². The third kappa shape index (κ3) is 3.86. The predicted molar refractivity (Wildman–Crippen MR) is 97.0 cm³/mol. The van der Waals surface area contributed by atoms with E-state index in [2.05, 4.69) is 44.4 Å². The van der Waals surface area contributed by atoms with Gasteiger partial charge in [0.2, 0.25) is 0 Å². The zero-order chi connectivity index (χ0) is 16.2. The largest absolute Gasteiger partial charge is 0.372 e. The van der Waals surface area contributed by atoms with Crippen LogP contribution in [0.15, 0.2) is 41.9 Å². The molecule has 2 aliphatic rings. The highest BCUT2D eigenvalue weighted by Crippen LogP contribution is 2.31. The van der Waals surface area contributed by atoms with Crippen LogP contribution in [0.1, 0.15) is 23.4 Å². The first-order chi connectivity index (χ1) is 11.8. The van der Waals surface area contributed by atoms with Crippen molar-refractivity contribution in [2.45, 2.75) is 31.5 Å². The molecule has 0 bridgehead atoms. The number of hydrogen-bond acceptors (Lipinski definition) is 5. The van der Waals surface area contributed by atoms with Gasteiger partial charge in [0.1, 0.15) is 0 Å². The zero-order valence-corrected chi connectivity index (χ0v) is 14.9. The smallest absolute Gasteiger partial charge is 0.0833 e. The van der Waals surface area contributed by atoms with Crippen LogP contribution in [0.4, 0.5) is 0 Å². The van der Waals surface area contributed by atoms with Crippen molar-refractivity contribution in [2.24, 2.45) is 0 Å². The van der Waals surface area contributed by atoms with E-state index in [1.165, 1.54) is 4.88 Å². The highest BCUT2D eigenvalue weighted by Gasteiger charge is 2.39. The first-order valence-electron chi connectivity index (χ1n) is 8.82. The van der Waals surface area contributed by atoms with Gasteiger partial charge in [-0.2, -0.15) is 0 Å². The predicted octanol–water partition coefficient (Wildman–Crippen LogP) is 3.01. The Morgan fingerprint density at radius 1 is 1.04 bits per heavy atom. The van der Waals surface area contributed by atoms with Gasteiger partial charge in [-0.15, -0.1) is 11.3 Å². The molecule has 4 rings (SSSR count). The molecule has 0 radical (unpaired) electrons. The number of pyridine rings is 1. The van der Waals surface area contributed by atoms with E-state index in [1.807, 2.05) is 23.6 Å². The maximum Gasteiger partial charge on any atom is 0.0833 e. The number of thiophene rings is 1. The van der Waals surface area contributed by atoms with Crippen molar-refractivity contribution in [2.75, 3.05) is 32.8 Å². The maximum atomic E-state index is 6.27. The summed E-state index contributed by atoms with van der Waals surface area (Å²) in [6.07, 6.45) is 4.16. The molecule has 2 aromatic rings. The molecule has 0 aromatic carbocycles. The molecular weight excluding hydrogens is 318 g/mol. The normalized spacial score (nSPS) is 22.0. The standard InChI is InChI=1S/C19H25N3OS/c1-2-8-20-17(4-1)14-22-11-12-23-19(16-22)6-9-21(10-7-19)15-18-5-3-13-24-18/h1-5,8,13H,6-7,9-12,14-16H2. The van der Waals surface area contributed by atoms with Gasteiger partial charge in [-0.3, -0.25) is 14.8 Å². The third-order valence-electron chi connectivity index (χ3n) is 5.17. The van der Waals surface area contributed by atoms with Crippen LogP contribution < -0.4 is 0 Å². The summed E-state index contributed by atoms with van der Waals surface area (Å²) in [6, 6.07) is 10.5. The molecule has 0 amide bonds. The second kappa shape index (κ2) is 7.31. The van der Waals surface area contributed by atoms with Gasteiger partial charge < -0.3 is 4.74 Å². The summed E-state index contributed by atoms with van der Waals surface area (Å²) in [5.41, 5.74) is 1.21. The quantitative estimate of drug-likeness (QED) is 0.853. The molecule has 0 saturated carbocycles. The van der Waals surface area contributed by atoms with Crippen LogP contribution >= 0.6 is 11.3 Å². The number of nitrogens with zero attached hydrogens (tertiary/aromatic N) is 3. The number of hydrogen-bond donors (Lipinski definition) is 0. The molecule has 1 spiro atoms. The van der Waals surface area contributed by atoms with E-state index in [4.69, 9.17) is 4.74 Å². The summed E-state index contributed by atoms with van der Waals surface area (Å²) in [5.74, 6) is 0. The Hall–Kier alpha value is -1.27. The lowest BCUT2D eigenvalue weighted by Crippen LogP contribution is -2.56. The number of piperidine rings is 1. The zero-order valence-electron chi connectivity index (χ0n) is 14.1. The molecule has 0 atom stereocenters. The average molecular weight is 343 g/mol. The number of ether oxygens (including phenoxy) is 1. The second-order valence-corrected chi connectivity index (χ2v) is 7.95. The van der Waals surface area contributed by atoms with Gasteiger partial charge in [0.05, 0.1) is 17.9 Å². The van der Waals surface area contributed by atoms with E-state index < -0.39 is 0 Å². The number of likely N-dealkylation sites (tertiary alicyclic amines) is 1. The Bertz CT molecular complexity index is 623. The SMILES string of the molecule is c1ccc(CN2CCOC3(CCN(Cc4cccs4)CC3)C2)nc1. The number of morpholine rings is 1. The molecule has 4 nitrogen and oxygen atoms in total. The minimum absolute atomic E-state index is 0.0545. The summed E-state index contributed by atoms with van der Waals surface area (Å²) in [5, 5.41) is 2.17. The Kier molecular flexibility index (Phi) is 4.94. The third-order valence-corrected chi connectivity index (χ3v) is 6.03. The lowest BCUT2D eigenvalue weighted by atomic mass is 9.89. The molecular formula is C19H25N3OS. The van der Waals surface area contributed by atoms with E-state index in [-0.39, 0.29) is 5.60 Å². The van der Waals surface area contributed by atoms with Crippen molar-refractivity contribution in [3.05, 3.63) is 52.5 Å². The van der Waals surface area contributed by atoms with Gasteiger partial charge in [0.25, 0.3) is 0 Å².